The third kappa shape index (κ3) is 1.74. The zero-order valence-electron chi connectivity index (χ0n) is 7.72. The van der Waals surface area contributed by atoms with Crippen LogP contribution < -0.4 is 5.73 Å². The maximum atomic E-state index is 5.60. The van der Waals surface area contributed by atoms with Crippen LogP contribution in [0.15, 0.2) is 0 Å². The van der Waals surface area contributed by atoms with Crippen LogP contribution in [-0.2, 0) is 9.57 Å². The van der Waals surface area contributed by atoms with Crippen molar-refractivity contribution in [3.05, 3.63) is 0 Å². The van der Waals surface area contributed by atoms with E-state index in [1.165, 1.54) is 0 Å². The zero-order valence-corrected chi connectivity index (χ0v) is 7.72. The van der Waals surface area contributed by atoms with Gasteiger partial charge in [-0.25, -0.2) is 0 Å². The van der Waals surface area contributed by atoms with E-state index in [-0.39, 0.29) is 6.23 Å². The van der Waals surface area contributed by atoms with Crippen LogP contribution in [0.4, 0.5) is 0 Å². The second-order valence-electron chi connectivity index (χ2n) is 3.07. The van der Waals surface area contributed by atoms with E-state index in [1.54, 1.807) is 5.17 Å². The van der Waals surface area contributed by atoms with Gasteiger partial charge >= 0.3 is 0 Å². The molecular weight excluding hydrogens is 172 g/mol. The van der Waals surface area contributed by atoms with E-state index < -0.39 is 0 Å². The highest BCUT2D eigenvalue weighted by molar-refractivity contribution is 5.56. The third-order valence-electron chi connectivity index (χ3n) is 2.12. The Morgan fingerprint density at radius 1 is 1.46 bits per heavy atom. The maximum absolute atomic E-state index is 5.60. The van der Waals surface area contributed by atoms with Crippen LogP contribution in [0.1, 0.15) is 0 Å². The second kappa shape index (κ2) is 3.49. The first kappa shape index (κ1) is 8.74. The largest absolute Gasteiger partial charge is 0.377 e. The number of hydrogen-bond acceptors (Lipinski definition) is 5. The Morgan fingerprint density at radius 2 is 2.15 bits per heavy atom. The molecule has 0 radical (unpaired) electrons. The van der Waals surface area contributed by atoms with Gasteiger partial charge in [0.2, 0.25) is 6.23 Å². The summed E-state index contributed by atoms with van der Waals surface area (Å²) >= 11 is 0. The molecule has 1 atom stereocenters. The third-order valence-corrected chi connectivity index (χ3v) is 2.12. The number of hydrogen-bond donors (Lipinski definition) is 1. The summed E-state index contributed by atoms with van der Waals surface area (Å²) in [5, 5.41) is 3.77. The Morgan fingerprint density at radius 3 is 2.69 bits per heavy atom. The van der Waals surface area contributed by atoms with Crippen LogP contribution in [0.25, 0.3) is 0 Å². The van der Waals surface area contributed by atoms with Crippen molar-refractivity contribution in [2.45, 2.75) is 6.23 Å². The van der Waals surface area contributed by atoms with Gasteiger partial charge in [0.25, 0.3) is 6.21 Å². The predicted octanol–water partition coefficient (Wildman–Crippen LogP) is -1.61. The van der Waals surface area contributed by atoms with Gasteiger partial charge in [0.15, 0.2) is 0 Å². The van der Waals surface area contributed by atoms with Crippen molar-refractivity contribution in [2.24, 2.45) is 5.73 Å². The Hall–Kier alpha value is -0.850. The molecule has 1 fully saturated rings. The van der Waals surface area contributed by atoms with Crippen molar-refractivity contribution in [3.8, 4) is 0 Å². The molecule has 1 unspecified atom stereocenters. The normalized spacial score (nSPS) is 29.4. The SMILES string of the molecule is CN1OC(N)C=[N+]1N1CCOCC1. The summed E-state index contributed by atoms with van der Waals surface area (Å²) in [6.45, 7) is 3.26. The number of hydrazine groups is 2. The van der Waals surface area contributed by atoms with Crippen molar-refractivity contribution in [1.82, 2.24) is 10.2 Å². The Labute approximate surface area is 77.0 Å². The molecule has 0 saturated carbocycles. The van der Waals surface area contributed by atoms with Crippen LogP contribution in [0, 0.1) is 0 Å². The molecule has 6 nitrogen and oxygen atoms in total. The molecule has 1 saturated heterocycles. The van der Waals surface area contributed by atoms with Crippen LogP contribution in [0.2, 0.25) is 0 Å². The van der Waals surface area contributed by atoms with E-state index in [2.05, 4.69) is 5.01 Å². The molecule has 2 heterocycles. The molecule has 0 aromatic rings. The lowest BCUT2D eigenvalue weighted by Crippen LogP contribution is -2.47. The molecule has 2 N–H and O–H groups in total. The minimum absolute atomic E-state index is 0.340. The summed E-state index contributed by atoms with van der Waals surface area (Å²) in [4.78, 5) is 7.12. The fourth-order valence-electron chi connectivity index (χ4n) is 1.51. The summed E-state index contributed by atoms with van der Waals surface area (Å²) in [6, 6.07) is 0. The highest BCUT2D eigenvalue weighted by Crippen LogP contribution is 2.05. The van der Waals surface area contributed by atoms with Crippen molar-refractivity contribution in [3.63, 3.8) is 0 Å². The van der Waals surface area contributed by atoms with E-state index >= 15 is 0 Å². The summed E-state index contributed by atoms with van der Waals surface area (Å²) in [5.41, 5.74) is 5.60. The Balaban J connectivity index is 2.02. The molecular formula is C7H15N4O2+. The van der Waals surface area contributed by atoms with Gasteiger partial charge in [-0.1, -0.05) is 0 Å². The van der Waals surface area contributed by atoms with Crippen LogP contribution >= 0.6 is 0 Å². The predicted molar refractivity (Wildman–Crippen MR) is 45.5 cm³/mol. The van der Waals surface area contributed by atoms with E-state index in [4.69, 9.17) is 15.3 Å². The standard InChI is InChI=1S/C7H15N4O2/c1-9-11(6-7(8)13-9)10-2-4-12-5-3-10/h6-7H,2-5,8H2,1H3/q+1. The molecule has 0 amide bonds. The van der Waals surface area contributed by atoms with Gasteiger partial charge in [-0.15, -0.1) is 0 Å². The molecule has 2 rings (SSSR count). The molecule has 74 valence electrons. The average Bonchev–Trinajstić information content (AvgIpc) is 2.47. The Kier molecular flexibility index (Phi) is 2.34. The lowest BCUT2D eigenvalue weighted by molar-refractivity contribution is -0.847. The smallest absolute Gasteiger partial charge is 0.253 e. The van der Waals surface area contributed by atoms with Gasteiger partial charge in [-0.05, 0) is 5.17 Å². The average molecular weight is 187 g/mol. The fraction of sp³-hybridized carbons (Fsp3) is 0.857. The molecule has 0 aliphatic carbocycles. The summed E-state index contributed by atoms with van der Waals surface area (Å²) in [7, 11) is 1.83. The molecule has 0 aromatic heterocycles. The molecule has 13 heavy (non-hydrogen) atoms. The minimum Gasteiger partial charge on any atom is -0.377 e. The number of ether oxygens (including phenoxy) is 1. The quantitative estimate of drug-likeness (QED) is 0.501. The van der Waals surface area contributed by atoms with Crippen molar-refractivity contribution in [1.29, 1.82) is 0 Å². The highest BCUT2D eigenvalue weighted by Gasteiger charge is 2.32. The highest BCUT2D eigenvalue weighted by atomic mass is 16.7. The van der Waals surface area contributed by atoms with Crippen molar-refractivity contribution < 1.29 is 14.4 Å². The van der Waals surface area contributed by atoms with E-state index in [0.717, 1.165) is 26.3 Å². The fourth-order valence-corrected chi connectivity index (χ4v) is 1.51. The van der Waals surface area contributed by atoms with E-state index in [0.29, 0.717) is 0 Å². The molecule has 2 aliphatic rings. The molecule has 0 bridgehead atoms. The maximum Gasteiger partial charge on any atom is 0.253 e. The number of nitrogens with zero attached hydrogens (tertiary/aromatic N) is 3. The van der Waals surface area contributed by atoms with Gasteiger partial charge in [0.05, 0.1) is 33.4 Å². The van der Waals surface area contributed by atoms with Crippen molar-refractivity contribution in [2.75, 3.05) is 33.4 Å². The monoisotopic (exact) mass is 187 g/mol. The van der Waals surface area contributed by atoms with Crippen LogP contribution in [0.5, 0.6) is 0 Å². The Bertz CT molecular complexity index is 215. The van der Waals surface area contributed by atoms with Crippen LogP contribution in [0.3, 0.4) is 0 Å². The van der Waals surface area contributed by atoms with Gasteiger partial charge < -0.3 is 4.74 Å². The van der Waals surface area contributed by atoms with Gasteiger partial charge in [-0.2, -0.15) is 9.85 Å². The first-order valence-electron chi connectivity index (χ1n) is 4.40. The first-order valence-corrected chi connectivity index (χ1v) is 4.40. The van der Waals surface area contributed by atoms with Gasteiger partial charge in [0, 0.05) is 4.79 Å². The van der Waals surface area contributed by atoms with E-state index in [1.807, 2.05) is 18.1 Å². The molecule has 0 aromatic carbocycles. The summed E-state index contributed by atoms with van der Waals surface area (Å²) < 4.78 is 5.25. The topological polar surface area (TPSA) is 54.0 Å². The number of hydrazone groups is 2. The van der Waals surface area contributed by atoms with Gasteiger partial charge in [0.1, 0.15) is 0 Å². The number of rotatable bonds is 1. The molecule has 0 spiro atoms. The first-order chi connectivity index (χ1) is 6.27. The lowest BCUT2D eigenvalue weighted by Gasteiger charge is -2.24. The summed E-state index contributed by atoms with van der Waals surface area (Å²) in [6.07, 6.45) is 1.50. The van der Waals surface area contributed by atoms with Crippen LogP contribution in [-0.4, -0.2) is 60.8 Å². The summed E-state index contributed by atoms with van der Waals surface area (Å²) in [5.74, 6) is 0. The van der Waals surface area contributed by atoms with Crippen molar-refractivity contribution >= 4 is 6.21 Å². The second-order valence-corrected chi connectivity index (χ2v) is 3.07. The number of morpholine rings is 1. The number of hydroxylamine groups is 1. The molecule has 6 heteroatoms. The van der Waals surface area contributed by atoms with E-state index in [9.17, 15) is 0 Å². The zero-order chi connectivity index (χ0) is 9.26. The molecule has 2 aliphatic heterocycles. The van der Waals surface area contributed by atoms with Gasteiger partial charge in [-0.3, -0.25) is 5.73 Å². The lowest BCUT2D eigenvalue weighted by atomic mass is 10.5. The number of nitrogens with two attached hydrogens (primary N) is 1. The minimum atomic E-state index is -0.340.